The molecule has 0 rings (SSSR count). The molecule has 0 aromatic heterocycles. The summed E-state index contributed by atoms with van der Waals surface area (Å²) in [6.45, 7) is 2.44. The molecule has 2 amide bonds. The lowest BCUT2D eigenvalue weighted by Crippen LogP contribution is -2.45. The minimum absolute atomic E-state index is 0.00600. The molecule has 0 saturated heterocycles. The van der Waals surface area contributed by atoms with Gasteiger partial charge in [0.2, 0.25) is 5.91 Å². The van der Waals surface area contributed by atoms with Gasteiger partial charge in [0, 0.05) is 0 Å². The maximum atomic E-state index is 12.2. The first-order valence-corrected chi connectivity index (χ1v) is 11.8. The van der Waals surface area contributed by atoms with Gasteiger partial charge in [-0.25, -0.2) is 9.59 Å². The quantitative estimate of drug-likeness (QED) is 0.0887. The number of ether oxygens (including phenoxy) is 2. The molecular weight excluding hydrogens is 432 g/mol. The number of carboxylic acid groups (broad SMARTS) is 1. The Hall–Kier alpha value is -2.15. The molecule has 0 heterocycles. The molecule has 10 N–H and O–H groups in total. The summed E-state index contributed by atoms with van der Waals surface area (Å²) in [6, 6.07) is -0.867. The summed E-state index contributed by atoms with van der Waals surface area (Å²) in [5.74, 6) is -0.176. The summed E-state index contributed by atoms with van der Waals surface area (Å²) >= 11 is 0. The van der Waals surface area contributed by atoms with Crippen LogP contribution in [0.15, 0.2) is 0 Å². The highest BCUT2D eigenvalue weighted by atomic mass is 16.7. The van der Waals surface area contributed by atoms with Crippen molar-refractivity contribution in [2.75, 3.05) is 45.9 Å². The topological polar surface area (TPSA) is 204 Å². The smallest absolute Gasteiger partial charge is 0.450 e. The van der Waals surface area contributed by atoms with Crippen LogP contribution in [-0.2, 0) is 14.3 Å². The third-order valence-corrected chi connectivity index (χ3v) is 4.87. The highest BCUT2D eigenvalue weighted by Gasteiger charge is 2.18. The highest BCUT2D eigenvalue weighted by Crippen LogP contribution is 2.04. The van der Waals surface area contributed by atoms with Gasteiger partial charge in [-0.2, -0.15) is 0 Å². The minimum Gasteiger partial charge on any atom is -0.450 e. The lowest BCUT2D eigenvalue weighted by Gasteiger charge is -2.21. The number of carbonyl (C=O) groups is 3. The summed E-state index contributed by atoms with van der Waals surface area (Å²) in [4.78, 5) is 35.1. The first-order valence-electron chi connectivity index (χ1n) is 11.8. The zero-order chi connectivity index (χ0) is 24.7. The van der Waals surface area contributed by atoms with Gasteiger partial charge < -0.3 is 47.7 Å². The van der Waals surface area contributed by atoms with Gasteiger partial charge in [-0.15, -0.1) is 0 Å². The number of hydrogen-bond donors (Lipinski definition) is 7. The third kappa shape index (κ3) is 20.2. The Morgan fingerprint density at radius 2 is 1.27 bits per heavy atom. The molecule has 0 saturated carbocycles. The van der Waals surface area contributed by atoms with Crippen LogP contribution in [0, 0.1) is 0 Å². The molecule has 12 heteroatoms. The Morgan fingerprint density at radius 3 is 1.85 bits per heavy atom. The summed E-state index contributed by atoms with van der Waals surface area (Å²) in [6.07, 6.45) is 4.99. The molecule has 0 aliphatic rings. The second-order valence-corrected chi connectivity index (χ2v) is 7.88. The van der Waals surface area contributed by atoms with E-state index in [1.165, 1.54) is 0 Å². The molecule has 2 atom stereocenters. The second-order valence-electron chi connectivity index (χ2n) is 7.88. The Bertz CT molecular complexity index is 525. The van der Waals surface area contributed by atoms with Gasteiger partial charge in [-0.3, -0.25) is 4.79 Å². The Kier molecular flexibility index (Phi) is 20.3. The largest absolute Gasteiger partial charge is 0.505 e. The van der Waals surface area contributed by atoms with Crippen LogP contribution < -0.4 is 33.2 Å². The van der Waals surface area contributed by atoms with Crippen molar-refractivity contribution in [3.63, 3.8) is 0 Å². The van der Waals surface area contributed by atoms with E-state index in [2.05, 4.69) is 20.7 Å². The molecular formula is C21H44N6O6. The summed E-state index contributed by atoms with van der Waals surface area (Å²) in [7, 11) is 0. The van der Waals surface area contributed by atoms with E-state index in [4.69, 9.17) is 27.0 Å². The number of amides is 2. The molecule has 0 aliphatic carbocycles. The average molecular weight is 477 g/mol. The second kappa shape index (κ2) is 21.7. The summed E-state index contributed by atoms with van der Waals surface area (Å²) < 4.78 is 9.87. The van der Waals surface area contributed by atoms with Crippen molar-refractivity contribution in [1.29, 1.82) is 0 Å². The van der Waals surface area contributed by atoms with Crippen molar-refractivity contribution in [2.45, 2.75) is 69.9 Å². The zero-order valence-electron chi connectivity index (χ0n) is 19.7. The maximum Gasteiger partial charge on any atom is 0.505 e. The third-order valence-electron chi connectivity index (χ3n) is 4.87. The number of nitrogens with two attached hydrogens (primary N) is 3. The molecule has 12 nitrogen and oxygen atoms in total. The Morgan fingerprint density at radius 1 is 0.727 bits per heavy atom. The van der Waals surface area contributed by atoms with Crippen LogP contribution in [0.2, 0.25) is 0 Å². The Balaban J connectivity index is 4.51. The van der Waals surface area contributed by atoms with Gasteiger partial charge in [0.25, 0.3) is 0 Å². The van der Waals surface area contributed by atoms with Crippen molar-refractivity contribution in [3.8, 4) is 0 Å². The predicted molar refractivity (Wildman–Crippen MR) is 126 cm³/mol. The standard InChI is InChI=1S/C21H44N6O6/c22-10-4-1-7-13-25-14-19(28)26-17(8-2-5-11-23)15-32-20(29)27-18(9-3-6-12-24)16-33-21(30)31/h17-18,25H,1-16,22-24H2,(H,26,28)(H,27,29)(H,30,31)/t17-,18-/m1/s1. The predicted octanol–water partition coefficient (Wildman–Crippen LogP) is 0.237. The Labute approximate surface area is 196 Å². The van der Waals surface area contributed by atoms with Gasteiger partial charge in [0.15, 0.2) is 0 Å². The van der Waals surface area contributed by atoms with Gasteiger partial charge >= 0.3 is 12.2 Å². The number of carbonyl (C=O) groups excluding carboxylic acids is 2. The number of unbranched alkanes of at least 4 members (excludes halogenated alkanes) is 4. The fraction of sp³-hybridized carbons (Fsp3) is 0.857. The molecule has 194 valence electrons. The molecule has 0 radical (unpaired) electrons. The molecule has 0 spiro atoms. The van der Waals surface area contributed by atoms with Crippen LogP contribution in [-0.4, -0.2) is 81.3 Å². The van der Waals surface area contributed by atoms with Gasteiger partial charge in [0.05, 0.1) is 18.6 Å². The maximum absolute atomic E-state index is 12.2. The number of rotatable bonds is 21. The molecule has 0 aliphatic heterocycles. The fourth-order valence-corrected chi connectivity index (χ4v) is 3.07. The van der Waals surface area contributed by atoms with Gasteiger partial charge in [0.1, 0.15) is 13.2 Å². The average Bonchev–Trinajstić information content (AvgIpc) is 2.78. The van der Waals surface area contributed by atoms with Crippen molar-refractivity contribution in [3.05, 3.63) is 0 Å². The van der Waals surface area contributed by atoms with Crippen LogP contribution in [0.25, 0.3) is 0 Å². The van der Waals surface area contributed by atoms with Crippen LogP contribution in [0.3, 0.4) is 0 Å². The normalized spacial score (nSPS) is 12.6. The van der Waals surface area contributed by atoms with Crippen molar-refractivity contribution in [2.24, 2.45) is 17.2 Å². The minimum atomic E-state index is -1.41. The van der Waals surface area contributed by atoms with Crippen molar-refractivity contribution >= 4 is 18.2 Å². The molecule has 0 bridgehead atoms. The molecule has 0 aromatic carbocycles. The first-order chi connectivity index (χ1) is 15.9. The van der Waals surface area contributed by atoms with E-state index < -0.39 is 18.3 Å². The SMILES string of the molecule is NCCCCCNCC(=O)N[C@H](CCCCN)COC(=O)N[C@H](CCCCN)COC(=O)O. The summed E-state index contributed by atoms with van der Waals surface area (Å²) in [5, 5.41) is 17.3. The molecule has 0 fully saturated rings. The fourth-order valence-electron chi connectivity index (χ4n) is 3.07. The van der Waals surface area contributed by atoms with Gasteiger partial charge in [-0.05, 0) is 64.7 Å². The zero-order valence-corrected chi connectivity index (χ0v) is 19.7. The molecule has 0 aromatic rings. The van der Waals surface area contributed by atoms with E-state index >= 15 is 0 Å². The number of nitrogens with one attached hydrogen (secondary N) is 3. The van der Waals surface area contributed by atoms with Crippen LogP contribution >= 0.6 is 0 Å². The van der Waals surface area contributed by atoms with Crippen LogP contribution in [0.5, 0.6) is 0 Å². The van der Waals surface area contributed by atoms with Crippen LogP contribution in [0.1, 0.15) is 57.8 Å². The lowest BCUT2D eigenvalue weighted by atomic mass is 10.1. The highest BCUT2D eigenvalue weighted by molar-refractivity contribution is 5.78. The van der Waals surface area contributed by atoms with E-state index in [-0.39, 0.29) is 31.7 Å². The monoisotopic (exact) mass is 476 g/mol. The lowest BCUT2D eigenvalue weighted by molar-refractivity contribution is -0.121. The van der Waals surface area contributed by atoms with E-state index in [1.54, 1.807) is 0 Å². The summed E-state index contributed by atoms with van der Waals surface area (Å²) in [5.41, 5.74) is 16.5. The molecule has 33 heavy (non-hydrogen) atoms. The molecule has 0 unspecified atom stereocenters. The van der Waals surface area contributed by atoms with E-state index in [9.17, 15) is 14.4 Å². The first kappa shape index (κ1) is 30.9. The van der Waals surface area contributed by atoms with E-state index in [0.717, 1.165) is 45.1 Å². The number of alkyl carbamates (subject to hydrolysis) is 1. The van der Waals surface area contributed by atoms with Gasteiger partial charge in [-0.1, -0.05) is 19.3 Å². The number of hydrogen-bond acceptors (Lipinski definition) is 9. The van der Waals surface area contributed by atoms with E-state index in [1.807, 2.05) is 0 Å². The van der Waals surface area contributed by atoms with Crippen LogP contribution in [0.4, 0.5) is 9.59 Å². The van der Waals surface area contributed by atoms with Crippen molar-refractivity contribution in [1.82, 2.24) is 16.0 Å². The van der Waals surface area contributed by atoms with Crippen molar-refractivity contribution < 1.29 is 29.0 Å². The van der Waals surface area contributed by atoms with E-state index in [0.29, 0.717) is 38.9 Å².